The summed E-state index contributed by atoms with van der Waals surface area (Å²) in [7, 11) is -1.69. The first kappa shape index (κ1) is 26.7. The van der Waals surface area contributed by atoms with Gasteiger partial charge in [-0.15, -0.1) is 0 Å². The second kappa shape index (κ2) is 12.2. The van der Waals surface area contributed by atoms with E-state index in [2.05, 4.69) is 4.90 Å². The summed E-state index contributed by atoms with van der Waals surface area (Å²) in [6.45, 7) is 2.32. The van der Waals surface area contributed by atoms with Crippen LogP contribution in [-0.4, -0.2) is 33.2 Å². The molecule has 1 aliphatic heterocycles. The average molecular weight is 527 g/mol. The molecule has 0 spiro atoms. The minimum atomic E-state index is -1.69. The summed E-state index contributed by atoms with van der Waals surface area (Å²) in [5, 5.41) is 0. The highest BCUT2D eigenvalue weighted by Crippen LogP contribution is 2.32. The highest BCUT2D eigenvalue weighted by molar-refractivity contribution is 7.82. The molecule has 194 valence electrons. The number of hydrogen-bond donors (Lipinski definition) is 2. The Bertz CT molecular complexity index is 1240. The summed E-state index contributed by atoms with van der Waals surface area (Å²) >= 11 is 0. The normalized spacial score (nSPS) is 15.5. The van der Waals surface area contributed by atoms with Crippen LogP contribution in [0.1, 0.15) is 30.4 Å². The van der Waals surface area contributed by atoms with E-state index in [9.17, 15) is 17.4 Å². The van der Waals surface area contributed by atoms with E-state index in [0.717, 1.165) is 47.0 Å². The number of nitrogens with zero attached hydrogens (tertiary/aromatic N) is 2. The van der Waals surface area contributed by atoms with Crippen molar-refractivity contribution < 1.29 is 17.4 Å². The Morgan fingerprint density at radius 2 is 1.30 bits per heavy atom. The maximum Gasteiger partial charge on any atom is 0.166 e. The third-order valence-electron chi connectivity index (χ3n) is 6.30. The second-order valence-corrected chi connectivity index (χ2v) is 10.2. The van der Waals surface area contributed by atoms with Crippen molar-refractivity contribution in [2.24, 2.45) is 11.6 Å². The SMILES string of the molecule is N/C(=C\N(N)S(=O)c1ccc(F)cc1)CCN1CCC(=C(c2ccc(F)cc2)c2ccc(F)cc2)CC1. The van der Waals surface area contributed by atoms with Gasteiger partial charge in [-0.3, -0.25) is 0 Å². The number of hydrazine groups is 1. The van der Waals surface area contributed by atoms with E-state index in [4.69, 9.17) is 11.6 Å². The van der Waals surface area contributed by atoms with Crippen molar-refractivity contribution in [3.05, 3.63) is 119 Å². The average Bonchev–Trinajstić information content (AvgIpc) is 2.90. The molecule has 1 aliphatic rings. The fourth-order valence-electron chi connectivity index (χ4n) is 4.34. The van der Waals surface area contributed by atoms with Crippen LogP contribution in [0.15, 0.2) is 95.2 Å². The van der Waals surface area contributed by atoms with E-state index in [1.54, 1.807) is 24.3 Å². The lowest BCUT2D eigenvalue weighted by Crippen LogP contribution is -2.33. The summed E-state index contributed by atoms with van der Waals surface area (Å²) in [6, 6.07) is 18.1. The molecule has 3 aromatic rings. The molecular formula is C28H29F3N4OS. The van der Waals surface area contributed by atoms with Gasteiger partial charge in [-0.25, -0.2) is 27.6 Å². The molecular weight excluding hydrogens is 497 g/mol. The fraction of sp³-hybridized carbons (Fsp3) is 0.214. The monoisotopic (exact) mass is 526 g/mol. The zero-order chi connectivity index (χ0) is 26.4. The van der Waals surface area contributed by atoms with Crippen LogP contribution in [0.2, 0.25) is 0 Å². The molecule has 0 saturated carbocycles. The molecule has 1 fully saturated rings. The number of rotatable bonds is 8. The molecule has 0 radical (unpaired) electrons. The first-order valence-corrected chi connectivity index (χ1v) is 13.0. The second-order valence-electron chi connectivity index (χ2n) is 8.85. The predicted molar refractivity (Wildman–Crippen MR) is 140 cm³/mol. The van der Waals surface area contributed by atoms with Crippen molar-refractivity contribution in [2.45, 2.75) is 24.2 Å². The smallest absolute Gasteiger partial charge is 0.166 e. The standard InChI is InChI=1S/C28H29F3N4OS/c29-23-5-1-20(2-6-23)28(21-3-7-24(30)8-4-21)22-13-16-34(17-14-22)18-15-26(32)19-35(33)37(36)27-11-9-25(31)10-12-27/h1-12,19H,13-18,32-33H2/b26-19-. The molecule has 5 nitrogen and oxygen atoms in total. The predicted octanol–water partition coefficient (Wildman–Crippen LogP) is 5.09. The Hall–Kier alpha value is -3.40. The van der Waals surface area contributed by atoms with E-state index in [-0.39, 0.29) is 11.6 Å². The molecule has 0 aliphatic carbocycles. The summed E-state index contributed by atoms with van der Waals surface area (Å²) < 4.78 is 53.7. The van der Waals surface area contributed by atoms with Crippen LogP contribution in [0.3, 0.4) is 0 Å². The van der Waals surface area contributed by atoms with Gasteiger partial charge in [0.25, 0.3) is 0 Å². The molecule has 9 heteroatoms. The van der Waals surface area contributed by atoms with E-state index in [1.165, 1.54) is 60.3 Å². The highest BCUT2D eigenvalue weighted by atomic mass is 32.2. The van der Waals surface area contributed by atoms with Crippen molar-refractivity contribution in [1.29, 1.82) is 0 Å². The maximum atomic E-state index is 13.5. The first-order chi connectivity index (χ1) is 17.8. The van der Waals surface area contributed by atoms with Gasteiger partial charge in [0, 0.05) is 38.0 Å². The van der Waals surface area contributed by atoms with Crippen molar-refractivity contribution in [3.8, 4) is 0 Å². The summed E-state index contributed by atoms with van der Waals surface area (Å²) in [5.74, 6) is 4.88. The van der Waals surface area contributed by atoms with Gasteiger partial charge in [0.2, 0.25) is 0 Å². The molecule has 0 amide bonds. The molecule has 4 N–H and O–H groups in total. The highest BCUT2D eigenvalue weighted by Gasteiger charge is 2.19. The number of hydrogen-bond acceptors (Lipinski definition) is 4. The number of likely N-dealkylation sites (tertiary alicyclic amines) is 1. The van der Waals surface area contributed by atoms with Gasteiger partial charge in [0.05, 0.1) is 4.90 Å². The molecule has 37 heavy (non-hydrogen) atoms. The van der Waals surface area contributed by atoms with Crippen LogP contribution in [0, 0.1) is 17.5 Å². The van der Waals surface area contributed by atoms with Crippen molar-refractivity contribution in [3.63, 3.8) is 0 Å². The van der Waals surface area contributed by atoms with E-state index in [1.807, 2.05) is 0 Å². The Morgan fingerprint density at radius 1 is 0.838 bits per heavy atom. The summed E-state index contributed by atoms with van der Waals surface area (Å²) in [4.78, 5) is 2.66. The maximum absolute atomic E-state index is 13.5. The summed E-state index contributed by atoms with van der Waals surface area (Å²) in [5.41, 5.74) is 10.7. The van der Waals surface area contributed by atoms with E-state index in [0.29, 0.717) is 23.6 Å². The van der Waals surface area contributed by atoms with E-state index >= 15 is 0 Å². The molecule has 0 bridgehead atoms. The van der Waals surface area contributed by atoms with Crippen LogP contribution in [0.25, 0.3) is 5.57 Å². The third-order valence-corrected chi connectivity index (χ3v) is 7.46. The first-order valence-electron chi connectivity index (χ1n) is 11.9. The number of halogens is 3. The van der Waals surface area contributed by atoms with Gasteiger partial charge in [0.15, 0.2) is 11.0 Å². The minimum Gasteiger partial charge on any atom is -0.401 e. The Morgan fingerprint density at radius 3 is 1.78 bits per heavy atom. The molecule has 1 heterocycles. The lowest BCUT2D eigenvalue weighted by molar-refractivity contribution is 0.259. The Kier molecular flexibility index (Phi) is 8.81. The van der Waals surface area contributed by atoms with Crippen LogP contribution < -0.4 is 11.6 Å². The van der Waals surface area contributed by atoms with Crippen LogP contribution in [0.4, 0.5) is 13.2 Å². The van der Waals surface area contributed by atoms with Gasteiger partial charge in [-0.1, -0.05) is 29.8 Å². The van der Waals surface area contributed by atoms with Crippen molar-refractivity contribution in [2.75, 3.05) is 19.6 Å². The Labute approximate surface area is 217 Å². The lowest BCUT2D eigenvalue weighted by Gasteiger charge is -2.30. The third kappa shape index (κ3) is 7.09. The zero-order valence-electron chi connectivity index (χ0n) is 20.2. The van der Waals surface area contributed by atoms with Crippen LogP contribution in [-0.2, 0) is 11.0 Å². The van der Waals surface area contributed by atoms with Crippen LogP contribution in [0.5, 0.6) is 0 Å². The van der Waals surface area contributed by atoms with Gasteiger partial charge in [-0.2, -0.15) is 0 Å². The van der Waals surface area contributed by atoms with Gasteiger partial charge in [0.1, 0.15) is 17.5 Å². The Balaban J connectivity index is 1.39. The molecule has 3 aromatic carbocycles. The molecule has 4 rings (SSSR count). The van der Waals surface area contributed by atoms with Crippen molar-refractivity contribution >= 4 is 16.6 Å². The lowest BCUT2D eigenvalue weighted by atomic mass is 9.88. The number of nitrogens with two attached hydrogens (primary N) is 2. The van der Waals surface area contributed by atoms with Gasteiger partial charge < -0.3 is 10.6 Å². The number of piperidine rings is 1. The summed E-state index contributed by atoms with van der Waals surface area (Å²) in [6.07, 6.45) is 3.60. The van der Waals surface area contributed by atoms with Crippen molar-refractivity contribution in [1.82, 2.24) is 9.31 Å². The largest absolute Gasteiger partial charge is 0.401 e. The van der Waals surface area contributed by atoms with Gasteiger partial charge in [-0.05, 0) is 78.1 Å². The molecule has 1 atom stereocenters. The van der Waals surface area contributed by atoms with Crippen LogP contribution >= 0.6 is 0 Å². The van der Waals surface area contributed by atoms with E-state index < -0.39 is 16.8 Å². The fourth-order valence-corrected chi connectivity index (χ4v) is 5.18. The quantitative estimate of drug-likeness (QED) is 0.317. The zero-order valence-corrected chi connectivity index (χ0v) is 21.1. The topological polar surface area (TPSA) is 75.6 Å². The molecule has 0 aromatic heterocycles. The van der Waals surface area contributed by atoms with Gasteiger partial charge >= 0.3 is 0 Å². The number of benzene rings is 3. The molecule has 1 unspecified atom stereocenters. The molecule has 1 saturated heterocycles. The minimum absolute atomic E-state index is 0.301.